The fraction of sp³-hybridized carbons (Fsp3) is 0.294. The molecule has 1 fully saturated rings. The third-order valence-electron chi connectivity index (χ3n) is 4.12. The van der Waals surface area contributed by atoms with E-state index in [-0.39, 0.29) is 11.7 Å². The quantitative estimate of drug-likeness (QED) is 0.781. The van der Waals surface area contributed by atoms with Gasteiger partial charge in [0.1, 0.15) is 11.5 Å². The molecule has 0 atom stereocenters. The van der Waals surface area contributed by atoms with Gasteiger partial charge < -0.3 is 5.32 Å². The lowest BCUT2D eigenvalue weighted by molar-refractivity contribution is 0.370. The molecule has 0 aromatic heterocycles. The minimum absolute atomic E-state index is 0.00516. The van der Waals surface area contributed by atoms with Gasteiger partial charge in [-0.1, -0.05) is 40.2 Å². The van der Waals surface area contributed by atoms with Gasteiger partial charge in [-0.3, -0.25) is 0 Å². The first-order valence-electron chi connectivity index (χ1n) is 7.02. The molecule has 1 nitrogen and oxygen atoms in total. The third kappa shape index (κ3) is 2.82. The third-order valence-corrected chi connectivity index (χ3v) is 4.84. The minimum Gasteiger partial charge on any atom is -0.378 e. The lowest BCUT2D eigenvalue weighted by atomic mass is 9.76. The standard InChI is InChI=1S/C17H16BrF2N/c1-10-6-7-15(19)17(16(10)20)21-12-8-11(9-12)13-4-2-3-5-14(13)18/h2-7,11-12,21H,8-9H2,1H3. The average molecular weight is 352 g/mol. The van der Waals surface area contributed by atoms with E-state index in [1.54, 1.807) is 6.92 Å². The molecule has 3 rings (SSSR count). The molecule has 0 unspecified atom stereocenters. The molecule has 2 aromatic rings. The van der Waals surface area contributed by atoms with Crippen LogP contribution in [0, 0.1) is 18.6 Å². The molecule has 0 saturated heterocycles. The molecular formula is C17H16BrF2N. The summed E-state index contributed by atoms with van der Waals surface area (Å²) in [7, 11) is 0. The molecule has 0 bridgehead atoms. The van der Waals surface area contributed by atoms with Gasteiger partial charge in [0, 0.05) is 10.5 Å². The van der Waals surface area contributed by atoms with Crippen molar-refractivity contribution in [2.45, 2.75) is 31.7 Å². The molecule has 110 valence electrons. The normalized spacial score (nSPS) is 21.0. The van der Waals surface area contributed by atoms with Crippen LogP contribution in [0.5, 0.6) is 0 Å². The lowest BCUT2D eigenvalue weighted by Gasteiger charge is -2.37. The molecule has 0 radical (unpaired) electrons. The van der Waals surface area contributed by atoms with E-state index in [0.717, 1.165) is 17.3 Å². The van der Waals surface area contributed by atoms with Crippen molar-refractivity contribution in [1.82, 2.24) is 0 Å². The molecule has 0 spiro atoms. The zero-order valence-corrected chi connectivity index (χ0v) is 13.3. The molecule has 1 saturated carbocycles. The van der Waals surface area contributed by atoms with Crippen molar-refractivity contribution >= 4 is 21.6 Å². The Balaban J connectivity index is 1.68. The molecule has 1 aliphatic carbocycles. The summed E-state index contributed by atoms with van der Waals surface area (Å²) in [4.78, 5) is 0. The van der Waals surface area contributed by atoms with Crippen molar-refractivity contribution in [2.75, 3.05) is 5.32 Å². The maximum Gasteiger partial charge on any atom is 0.152 e. The Morgan fingerprint density at radius 1 is 1.10 bits per heavy atom. The van der Waals surface area contributed by atoms with E-state index >= 15 is 0 Å². The van der Waals surface area contributed by atoms with Gasteiger partial charge in [0.25, 0.3) is 0 Å². The second-order valence-corrected chi connectivity index (χ2v) is 6.44. The largest absolute Gasteiger partial charge is 0.378 e. The Morgan fingerprint density at radius 3 is 2.52 bits per heavy atom. The van der Waals surface area contributed by atoms with Crippen LogP contribution in [-0.4, -0.2) is 6.04 Å². The van der Waals surface area contributed by atoms with Crippen LogP contribution in [0.4, 0.5) is 14.5 Å². The summed E-state index contributed by atoms with van der Waals surface area (Å²) in [6.45, 7) is 1.64. The van der Waals surface area contributed by atoms with Crippen molar-refractivity contribution in [3.63, 3.8) is 0 Å². The van der Waals surface area contributed by atoms with Crippen molar-refractivity contribution in [1.29, 1.82) is 0 Å². The molecule has 21 heavy (non-hydrogen) atoms. The monoisotopic (exact) mass is 351 g/mol. The van der Waals surface area contributed by atoms with Gasteiger partial charge in [-0.25, -0.2) is 8.78 Å². The van der Waals surface area contributed by atoms with Crippen LogP contribution in [0.3, 0.4) is 0 Å². The van der Waals surface area contributed by atoms with Crippen LogP contribution in [-0.2, 0) is 0 Å². The predicted molar refractivity (Wildman–Crippen MR) is 84.6 cm³/mol. The van der Waals surface area contributed by atoms with E-state index in [9.17, 15) is 8.78 Å². The molecule has 0 amide bonds. The molecule has 1 aliphatic rings. The van der Waals surface area contributed by atoms with Crippen LogP contribution in [0.1, 0.15) is 29.9 Å². The highest BCUT2D eigenvalue weighted by Gasteiger charge is 2.32. The first-order valence-corrected chi connectivity index (χ1v) is 7.81. The summed E-state index contributed by atoms with van der Waals surface area (Å²) in [6, 6.07) is 11.0. The smallest absolute Gasteiger partial charge is 0.152 e. The second-order valence-electron chi connectivity index (χ2n) is 5.58. The maximum atomic E-state index is 14.0. The fourth-order valence-corrected chi connectivity index (χ4v) is 3.40. The van der Waals surface area contributed by atoms with Gasteiger partial charge in [-0.05, 0) is 48.9 Å². The topological polar surface area (TPSA) is 12.0 Å². The number of benzene rings is 2. The molecule has 1 N–H and O–H groups in total. The van der Waals surface area contributed by atoms with Crippen molar-refractivity contribution < 1.29 is 8.78 Å². The number of nitrogens with one attached hydrogen (secondary N) is 1. The van der Waals surface area contributed by atoms with E-state index < -0.39 is 11.6 Å². The molecule has 0 heterocycles. The number of aryl methyl sites for hydroxylation is 1. The van der Waals surface area contributed by atoms with Gasteiger partial charge in [0.15, 0.2) is 5.82 Å². The molecule has 0 aliphatic heterocycles. The average Bonchev–Trinajstić information content (AvgIpc) is 2.42. The van der Waals surface area contributed by atoms with Gasteiger partial charge in [-0.2, -0.15) is 0 Å². The molecule has 4 heteroatoms. The number of halogens is 3. The van der Waals surface area contributed by atoms with Crippen molar-refractivity contribution in [3.8, 4) is 0 Å². The summed E-state index contributed by atoms with van der Waals surface area (Å²) in [6.07, 6.45) is 1.77. The number of anilines is 1. The van der Waals surface area contributed by atoms with Gasteiger partial charge in [0.05, 0.1) is 0 Å². The van der Waals surface area contributed by atoms with E-state index in [1.807, 2.05) is 18.2 Å². The van der Waals surface area contributed by atoms with E-state index in [2.05, 4.69) is 27.3 Å². The number of hydrogen-bond donors (Lipinski definition) is 1. The van der Waals surface area contributed by atoms with Crippen LogP contribution >= 0.6 is 15.9 Å². The summed E-state index contributed by atoms with van der Waals surface area (Å²) in [5.41, 5.74) is 1.73. The number of rotatable bonds is 3. The molecule has 2 aromatic carbocycles. The van der Waals surface area contributed by atoms with Crippen molar-refractivity contribution in [3.05, 3.63) is 63.6 Å². The van der Waals surface area contributed by atoms with Crippen LogP contribution in [0.15, 0.2) is 40.9 Å². The van der Waals surface area contributed by atoms with Gasteiger partial charge in [0.2, 0.25) is 0 Å². The highest BCUT2D eigenvalue weighted by Crippen LogP contribution is 2.41. The predicted octanol–water partition coefficient (Wildman–Crippen LogP) is 5.39. The Kier molecular flexibility index (Phi) is 3.98. The zero-order valence-electron chi connectivity index (χ0n) is 11.7. The summed E-state index contributed by atoms with van der Waals surface area (Å²) >= 11 is 3.55. The first kappa shape index (κ1) is 14.5. The fourth-order valence-electron chi connectivity index (χ4n) is 2.79. The lowest BCUT2D eigenvalue weighted by Crippen LogP contribution is -2.34. The minimum atomic E-state index is -0.526. The molecular weight excluding hydrogens is 336 g/mol. The Hall–Kier alpha value is -1.42. The Morgan fingerprint density at radius 2 is 1.81 bits per heavy atom. The summed E-state index contributed by atoms with van der Waals surface area (Å²) < 4.78 is 28.8. The van der Waals surface area contributed by atoms with Crippen LogP contribution < -0.4 is 5.32 Å². The SMILES string of the molecule is Cc1ccc(F)c(NC2CC(c3ccccc3Br)C2)c1F. The van der Waals surface area contributed by atoms with Gasteiger partial charge in [-0.15, -0.1) is 0 Å². The highest BCUT2D eigenvalue weighted by molar-refractivity contribution is 9.10. The zero-order chi connectivity index (χ0) is 15.0. The highest BCUT2D eigenvalue weighted by atomic mass is 79.9. The van der Waals surface area contributed by atoms with Gasteiger partial charge >= 0.3 is 0 Å². The Labute approximate surface area is 131 Å². The maximum absolute atomic E-state index is 14.0. The van der Waals surface area contributed by atoms with Crippen LogP contribution in [0.25, 0.3) is 0 Å². The van der Waals surface area contributed by atoms with E-state index in [0.29, 0.717) is 11.5 Å². The van der Waals surface area contributed by atoms with Crippen molar-refractivity contribution in [2.24, 2.45) is 0 Å². The Bertz CT molecular complexity index is 666. The summed E-state index contributed by atoms with van der Waals surface area (Å²) in [5.74, 6) is -0.573. The first-order chi connectivity index (χ1) is 10.1. The van der Waals surface area contributed by atoms with E-state index in [1.165, 1.54) is 17.7 Å². The second kappa shape index (κ2) is 5.76. The number of hydrogen-bond acceptors (Lipinski definition) is 1. The summed E-state index contributed by atoms with van der Waals surface area (Å²) in [5, 5.41) is 3.01. The van der Waals surface area contributed by atoms with Crippen LogP contribution in [0.2, 0.25) is 0 Å². The van der Waals surface area contributed by atoms with E-state index in [4.69, 9.17) is 0 Å².